The van der Waals surface area contributed by atoms with Gasteiger partial charge in [-0.25, -0.2) is 9.13 Å². The van der Waals surface area contributed by atoms with E-state index in [1.807, 2.05) is 0 Å². The summed E-state index contributed by atoms with van der Waals surface area (Å²) in [5.74, 6) is -0.671. The SMILES string of the molecule is CCCCCCCCCCCCCCCCC(=O)O[C@H](COC(=O)CCCCCCCCCCCC(C)C)COP(=O)(O)OC[C@@H](O)COP(=O)(O)OC[C@@H](COC(=O)CCCCCCCCCC)OC(=O)CCCCCCCCC(C)CC. The summed E-state index contributed by atoms with van der Waals surface area (Å²) in [6, 6.07) is 0. The fourth-order valence-electron chi connectivity index (χ4n) is 9.68. The first kappa shape index (κ1) is 82.1. The molecule has 3 unspecified atom stereocenters. The van der Waals surface area contributed by atoms with Gasteiger partial charge in [-0.3, -0.25) is 37.3 Å². The lowest BCUT2D eigenvalue weighted by Crippen LogP contribution is -2.30. The van der Waals surface area contributed by atoms with Gasteiger partial charge in [-0.05, 0) is 37.5 Å². The van der Waals surface area contributed by atoms with Crippen molar-refractivity contribution in [1.82, 2.24) is 0 Å². The second-order valence-corrected chi connectivity index (χ2v) is 27.1. The number of hydrogen-bond donors (Lipinski definition) is 3. The second kappa shape index (κ2) is 57.5. The molecule has 0 aromatic heterocycles. The largest absolute Gasteiger partial charge is 0.472 e. The summed E-state index contributed by atoms with van der Waals surface area (Å²) in [6.07, 6.45) is 40.4. The maximum absolute atomic E-state index is 13.0. The molecule has 0 saturated carbocycles. The van der Waals surface area contributed by atoms with Crippen LogP contribution in [0.1, 0.15) is 324 Å². The number of ether oxygens (including phenoxy) is 4. The van der Waals surface area contributed by atoms with Crippen LogP contribution < -0.4 is 0 Å². The molecule has 0 saturated heterocycles. The fourth-order valence-corrected chi connectivity index (χ4v) is 11.3. The highest BCUT2D eigenvalue weighted by atomic mass is 31.2. The number of carbonyl (C=O) groups is 4. The van der Waals surface area contributed by atoms with Gasteiger partial charge in [-0.2, -0.15) is 0 Å². The van der Waals surface area contributed by atoms with Gasteiger partial charge in [-0.1, -0.05) is 273 Å². The first-order chi connectivity index (χ1) is 40.4. The lowest BCUT2D eigenvalue weighted by Gasteiger charge is -2.21. The Balaban J connectivity index is 5.24. The lowest BCUT2D eigenvalue weighted by molar-refractivity contribution is -0.161. The van der Waals surface area contributed by atoms with Gasteiger partial charge >= 0.3 is 39.5 Å². The summed E-state index contributed by atoms with van der Waals surface area (Å²) in [6.45, 7) is 9.42. The molecular formula is C65H126O17P2. The topological polar surface area (TPSA) is 237 Å². The highest BCUT2D eigenvalue weighted by molar-refractivity contribution is 7.47. The van der Waals surface area contributed by atoms with Crippen molar-refractivity contribution in [3.8, 4) is 0 Å². The highest BCUT2D eigenvalue weighted by Crippen LogP contribution is 2.45. The summed E-state index contributed by atoms with van der Waals surface area (Å²) < 4.78 is 68.0. The van der Waals surface area contributed by atoms with Crippen molar-refractivity contribution in [1.29, 1.82) is 0 Å². The zero-order chi connectivity index (χ0) is 62.2. The van der Waals surface area contributed by atoms with E-state index in [1.165, 1.54) is 135 Å². The third-order valence-electron chi connectivity index (χ3n) is 15.3. The smallest absolute Gasteiger partial charge is 0.462 e. The average Bonchev–Trinajstić information content (AvgIpc) is 3.52. The van der Waals surface area contributed by atoms with Gasteiger partial charge < -0.3 is 33.8 Å². The Kier molecular flexibility index (Phi) is 56.2. The van der Waals surface area contributed by atoms with Crippen molar-refractivity contribution in [2.45, 2.75) is 342 Å². The summed E-state index contributed by atoms with van der Waals surface area (Å²) in [5.41, 5.74) is 0. The molecule has 6 atom stereocenters. The number of hydrogen-bond acceptors (Lipinski definition) is 15. The van der Waals surface area contributed by atoms with Crippen LogP contribution >= 0.6 is 15.6 Å². The van der Waals surface area contributed by atoms with Crippen LogP contribution in [-0.2, 0) is 65.4 Å². The molecule has 3 N–H and O–H groups in total. The first-order valence-corrected chi connectivity index (χ1v) is 37.0. The van der Waals surface area contributed by atoms with Crippen molar-refractivity contribution in [2.24, 2.45) is 11.8 Å². The number of esters is 4. The first-order valence-electron chi connectivity index (χ1n) is 34.0. The van der Waals surface area contributed by atoms with Gasteiger partial charge in [0, 0.05) is 25.7 Å². The standard InChI is InChI=1S/C65H126O17P2/c1-7-10-12-14-16-18-19-20-21-22-25-30-37-43-49-64(69)81-60(53-76-63(68)48-42-36-29-26-23-24-27-33-39-45-57(4)5)55-79-83(71,72)77-51-59(66)52-78-84(73,74)80-56-61(54-75-62(67)47-41-35-28-17-15-13-11-8-2)82-65(70)50-44-38-32-31-34-40-46-58(6)9-3/h57-61,66H,7-56H2,1-6H3,(H,71,72)(H,73,74)/t58?,59-,60-,61-/m1/s1. The quantitative estimate of drug-likeness (QED) is 0.0222. The average molecular weight is 1240 g/mol. The molecule has 0 aromatic carbocycles. The molecule has 0 aromatic rings. The Morgan fingerprint density at radius 2 is 0.607 bits per heavy atom. The van der Waals surface area contributed by atoms with Crippen LogP contribution in [0, 0.1) is 11.8 Å². The van der Waals surface area contributed by atoms with E-state index >= 15 is 0 Å². The van der Waals surface area contributed by atoms with E-state index < -0.39 is 97.5 Å². The van der Waals surface area contributed by atoms with Crippen LogP contribution in [0.3, 0.4) is 0 Å². The summed E-state index contributed by atoms with van der Waals surface area (Å²) in [5, 5.41) is 10.5. The molecule has 0 radical (unpaired) electrons. The Labute approximate surface area is 511 Å². The van der Waals surface area contributed by atoms with E-state index in [-0.39, 0.29) is 25.7 Å². The molecule has 0 aliphatic heterocycles. The number of rotatable bonds is 64. The Bertz CT molecular complexity index is 1650. The molecule has 0 spiro atoms. The second-order valence-electron chi connectivity index (χ2n) is 24.2. The number of aliphatic hydroxyl groups excluding tert-OH is 1. The number of aliphatic hydroxyl groups is 1. The number of phosphoric acid groups is 2. The Hall–Kier alpha value is -1.94. The Morgan fingerprint density at radius 1 is 0.345 bits per heavy atom. The number of phosphoric ester groups is 2. The van der Waals surface area contributed by atoms with Crippen LogP contribution in [0.4, 0.5) is 0 Å². The van der Waals surface area contributed by atoms with Gasteiger partial charge in [0.2, 0.25) is 0 Å². The van der Waals surface area contributed by atoms with E-state index in [0.29, 0.717) is 25.7 Å². The van der Waals surface area contributed by atoms with E-state index in [1.54, 1.807) is 0 Å². The van der Waals surface area contributed by atoms with Gasteiger partial charge in [0.15, 0.2) is 12.2 Å². The zero-order valence-corrected chi connectivity index (χ0v) is 56.0. The molecule has 0 fully saturated rings. The predicted molar refractivity (Wildman–Crippen MR) is 335 cm³/mol. The number of unbranched alkanes of at least 4 members (excludes halogenated alkanes) is 33. The molecule has 0 amide bonds. The fraction of sp³-hybridized carbons (Fsp3) is 0.938. The minimum atomic E-state index is -4.95. The molecule has 0 heterocycles. The summed E-state index contributed by atoms with van der Waals surface area (Å²) in [7, 11) is -9.89. The van der Waals surface area contributed by atoms with Crippen LogP contribution in [0.5, 0.6) is 0 Å². The molecule has 84 heavy (non-hydrogen) atoms. The van der Waals surface area contributed by atoms with Gasteiger partial charge in [0.05, 0.1) is 26.4 Å². The molecule has 19 heteroatoms. The zero-order valence-electron chi connectivity index (χ0n) is 54.2. The third kappa shape index (κ3) is 57.8. The van der Waals surface area contributed by atoms with Gasteiger partial charge in [-0.15, -0.1) is 0 Å². The molecular weight excluding hydrogens is 1110 g/mol. The van der Waals surface area contributed by atoms with Crippen molar-refractivity contribution < 1.29 is 80.2 Å². The highest BCUT2D eigenvalue weighted by Gasteiger charge is 2.30. The van der Waals surface area contributed by atoms with E-state index in [0.717, 1.165) is 108 Å². The lowest BCUT2D eigenvalue weighted by atomic mass is 10.00. The van der Waals surface area contributed by atoms with Gasteiger partial charge in [0.1, 0.15) is 19.3 Å². The van der Waals surface area contributed by atoms with Crippen molar-refractivity contribution in [3.05, 3.63) is 0 Å². The monoisotopic (exact) mass is 1240 g/mol. The molecule has 0 aliphatic carbocycles. The molecule has 498 valence electrons. The summed E-state index contributed by atoms with van der Waals surface area (Å²) in [4.78, 5) is 72.2. The van der Waals surface area contributed by atoms with E-state index in [9.17, 15) is 43.2 Å². The summed E-state index contributed by atoms with van der Waals surface area (Å²) >= 11 is 0. The molecule has 0 bridgehead atoms. The van der Waals surface area contributed by atoms with E-state index in [2.05, 4.69) is 41.5 Å². The van der Waals surface area contributed by atoms with Crippen molar-refractivity contribution in [2.75, 3.05) is 39.6 Å². The minimum Gasteiger partial charge on any atom is -0.462 e. The maximum Gasteiger partial charge on any atom is 0.472 e. The number of carbonyl (C=O) groups excluding carboxylic acids is 4. The van der Waals surface area contributed by atoms with Crippen LogP contribution in [0.15, 0.2) is 0 Å². The van der Waals surface area contributed by atoms with Crippen LogP contribution in [0.25, 0.3) is 0 Å². The normalized spacial score (nSPS) is 14.6. The Morgan fingerprint density at radius 3 is 0.905 bits per heavy atom. The molecule has 17 nitrogen and oxygen atoms in total. The third-order valence-corrected chi connectivity index (χ3v) is 17.2. The minimum absolute atomic E-state index is 0.103. The van der Waals surface area contributed by atoms with Crippen LogP contribution in [0.2, 0.25) is 0 Å². The predicted octanol–water partition coefficient (Wildman–Crippen LogP) is 18.0. The van der Waals surface area contributed by atoms with Crippen LogP contribution in [-0.4, -0.2) is 96.7 Å². The molecule has 0 aliphatic rings. The molecule has 0 rings (SSSR count). The van der Waals surface area contributed by atoms with Crippen molar-refractivity contribution >= 4 is 39.5 Å². The van der Waals surface area contributed by atoms with Crippen molar-refractivity contribution in [3.63, 3.8) is 0 Å². The maximum atomic E-state index is 13.0. The van der Waals surface area contributed by atoms with Gasteiger partial charge in [0.25, 0.3) is 0 Å². The van der Waals surface area contributed by atoms with E-state index in [4.69, 9.17) is 37.0 Å².